The molecular weight excluding hydrogens is 174 g/mol. The van der Waals surface area contributed by atoms with Gasteiger partial charge in [0.1, 0.15) is 6.29 Å². The van der Waals surface area contributed by atoms with E-state index in [0.29, 0.717) is 18.5 Å². The van der Waals surface area contributed by atoms with E-state index in [1.54, 1.807) is 0 Å². The third-order valence-corrected chi connectivity index (χ3v) is 3.02. The number of carbonyl (C=O) groups is 1. The molecule has 0 spiro atoms. The van der Waals surface area contributed by atoms with Crippen LogP contribution in [-0.2, 0) is 4.79 Å². The van der Waals surface area contributed by atoms with Crippen molar-refractivity contribution in [2.75, 3.05) is 6.54 Å². The van der Waals surface area contributed by atoms with Crippen LogP contribution < -0.4 is 0 Å². The largest absolute Gasteiger partial charge is 0.303 e. The molecule has 0 aromatic rings. The Morgan fingerprint density at radius 1 is 1.57 bits per heavy atom. The molecule has 0 aliphatic carbocycles. The Morgan fingerprint density at radius 2 is 2.29 bits per heavy atom. The Morgan fingerprint density at radius 3 is 2.86 bits per heavy atom. The standard InChI is InChI=1S/C12H21NO/c1-10(2)13-8-5-4-6-12(13)11(3)7-9-14/h9-10,12H,3-8H2,1-2H3. The van der Waals surface area contributed by atoms with Crippen LogP contribution in [0, 0.1) is 0 Å². The van der Waals surface area contributed by atoms with Crippen LogP contribution in [-0.4, -0.2) is 29.8 Å². The summed E-state index contributed by atoms with van der Waals surface area (Å²) >= 11 is 0. The van der Waals surface area contributed by atoms with Gasteiger partial charge in [-0.05, 0) is 33.2 Å². The lowest BCUT2D eigenvalue weighted by atomic mass is 9.93. The fourth-order valence-corrected chi connectivity index (χ4v) is 2.25. The van der Waals surface area contributed by atoms with Crippen LogP contribution in [0.1, 0.15) is 39.5 Å². The molecule has 1 saturated heterocycles. The fraction of sp³-hybridized carbons (Fsp3) is 0.750. The van der Waals surface area contributed by atoms with Crippen molar-refractivity contribution in [1.82, 2.24) is 4.90 Å². The average molecular weight is 195 g/mol. The predicted octanol–water partition coefficient (Wildman–Crippen LogP) is 2.39. The summed E-state index contributed by atoms with van der Waals surface area (Å²) in [5.74, 6) is 0. The van der Waals surface area contributed by atoms with Crippen molar-refractivity contribution in [1.29, 1.82) is 0 Å². The zero-order valence-corrected chi connectivity index (χ0v) is 9.33. The van der Waals surface area contributed by atoms with Crippen LogP contribution in [0.4, 0.5) is 0 Å². The van der Waals surface area contributed by atoms with E-state index in [2.05, 4.69) is 25.3 Å². The third-order valence-electron chi connectivity index (χ3n) is 3.02. The van der Waals surface area contributed by atoms with E-state index in [-0.39, 0.29) is 0 Å². The first-order chi connectivity index (χ1) is 6.66. The topological polar surface area (TPSA) is 20.3 Å². The maximum atomic E-state index is 10.5. The van der Waals surface area contributed by atoms with Crippen molar-refractivity contribution in [2.24, 2.45) is 0 Å². The highest BCUT2D eigenvalue weighted by molar-refractivity contribution is 5.54. The number of hydrogen-bond acceptors (Lipinski definition) is 2. The smallest absolute Gasteiger partial charge is 0.124 e. The highest BCUT2D eigenvalue weighted by atomic mass is 16.1. The molecule has 0 aromatic carbocycles. The molecule has 2 heteroatoms. The van der Waals surface area contributed by atoms with Crippen molar-refractivity contribution in [2.45, 2.75) is 51.6 Å². The Hall–Kier alpha value is -0.630. The summed E-state index contributed by atoms with van der Waals surface area (Å²) in [5.41, 5.74) is 1.09. The Bertz CT molecular complexity index is 210. The second-order valence-corrected chi connectivity index (χ2v) is 4.37. The molecule has 1 rings (SSSR count). The summed E-state index contributed by atoms with van der Waals surface area (Å²) in [4.78, 5) is 12.9. The predicted molar refractivity (Wildman–Crippen MR) is 59.3 cm³/mol. The van der Waals surface area contributed by atoms with Crippen molar-refractivity contribution in [3.8, 4) is 0 Å². The first kappa shape index (κ1) is 11.4. The number of piperidine rings is 1. The van der Waals surface area contributed by atoms with E-state index in [9.17, 15) is 4.79 Å². The van der Waals surface area contributed by atoms with Crippen LogP contribution in [0.5, 0.6) is 0 Å². The summed E-state index contributed by atoms with van der Waals surface area (Å²) < 4.78 is 0. The Kier molecular flexibility index (Phi) is 4.33. The molecule has 1 atom stereocenters. The molecule has 1 heterocycles. The molecule has 14 heavy (non-hydrogen) atoms. The lowest BCUT2D eigenvalue weighted by Gasteiger charge is -2.39. The van der Waals surface area contributed by atoms with Gasteiger partial charge in [0.25, 0.3) is 0 Å². The van der Waals surface area contributed by atoms with E-state index in [1.165, 1.54) is 19.3 Å². The van der Waals surface area contributed by atoms with Crippen molar-refractivity contribution in [3.63, 3.8) is 0 Å². The molecule has 0 bridgehead atoms. The van der Waals surface area contributed by atoms with E-state index < -0.39 is 0 Å². The van der Waals surface area contributed by atoms with Crippen LogP contribution in [0.25, 0.3) is 0 Å². The van der Waals surface area contributed by atoms with Crippen LogP contribution in [0.2, 0.25) is 0 Å². The SMILES string of the molecule is C=C(CC=O)C1CCCCN1C(C)C. The summed E-state index contributed by atoms with van der Waals surface area (Å²) in [7, 11) is 0. The number of aldehydes is 1. The molecule has 2 nitrogen and oxygen atoms in total. The molecule has 1 aliphatic heterocycles. The number of hydrogen-bond donors (Lipinski definition) is 0. The minimum Gasteiger partial charge on any atom is -0.303 e. The van der Waals surface area contributed by atoms with Gasteiger partial charge in [-0.3, -0.25) is 4.90 Å². The molecule has 1 unspecified atom stereocenters. The van der Waals surface area contributed by atoms with Gasteiger partial charge in [0.15, 0.2) is 0 Å². The van der Waals surface area contributed by atoms with Crippen molar-refractivity contribution in [3.05, 3.63) is 12.2 Å². The second-order valence-electron chi connectivity index (χ2n) is 4.37. The van der Waals surface area contributed by atoms with Gasteiger partial charge >= 0.3 is 0 Å². The van der Waals surface area contributed by atoms with Gasteiger partial charge in [-0.1, -0.05) is 18.6 Å². The van der Waals surface area contributed by atoms with Gasteiger partial charge in [0, 0.05) is 18.5 Å². The highest BCUT2D eigenvalue weighted by Gasteiger charge is 2.25. The summed E-state index contributed by atoms with van der Waals surface area (Å²) in [5, 5.41) is 0. The Balaban J connectivity index is 2.62. The molecule has 1 aliphatic rings. The maximum absolute atomic E-state index is 10.5. The van der Waals surface area contributed by atoms with Gasteiger partial charge in [-0.2, -0.15) is 0 Å². The first-order valence-corrected chi connectivity index (χ1v) is 5.54. The van der Waals surface area contributed by atoms with E-state index in [1.807, 2.05) is 0 Å². The first-order valence-electron chi connectivity index (χ1n) is 5.54. The van der Waals surface area contributed by atoms with Crippen LogP contribution in [0.15, 0.2) is 12.2 Å². The monoisotopic (exact) mass is 195 g/mol. The van der Waals surface area contributed by atoms with Gasteiger partial charge in [0.2, 0.25) is 0 Å². The van der Waals surface area contributed by atoms with Crippen LogP contribution >= 0.6 is 0 Å². The summed E-state index contributed by atoms with van der Waals surface area (Å²) in [6.45, 7) is 9.61. The van der Waals surface area contributed by atoms with E-state index in [4.69, 9.17) is 0 Å². The minimum absolute atomic E-state index is 0.439. The van der Waals surface area contributed by atoms with Crippen molar-refractivity contribution >= 4 is 6.29 Å². The van der Waals surface area contributed by atoms with Crippen LogP contribution in [0.3, 0.4) is 0 Å². The van der Waals surface area contributed by atoms with Gasteiger partial charge < -0.3 is 4.79 Å². The normalized spacial score (nSPS) is 23.8. The lowest BCUT2D eigenvalue weighted by molar-refractivity contribution is -0.107. The summed E-state index contributed by atoms with van der Waals surface area (Å²) in [6.07, 6.45) is 5.21. The van der Waals surface area contributed by atoms with Crippen molar-refractivity contribution < 1.29 is 4.79 Å². The van der Waals surface area contributed by atoms with Gasteiger partial charge in [0.05, 0.1) is 0 Å². The zero-order chi connectivity index (χ0) is 10.6. The molecule has 1 fully saturated rings. The van der Waals surface area contributed by atoms with E-state index in [0.717, 1.165) is 18.4 Å². The fourth-order valence-electron chi connectivity index (χ4n) is 2.25. The molecule has 0 N–H and O–H groups in total. The minimum atomic E-state index is 0.439. The number of nitrogens with zero attached hydrogens (tertiary/aromatic N) is 1. The lowest BCUT2D eigenvalue weighted by Crippen LogP contribution is -2.44. The zero-order valence-electron chi connectivity index (χ0n) is 9.33. The number of carbonyl (C=O) groups excluding carboxylic acids is 1. The number of rotatable bonds is 4. The molecule has 0 radical (unpaired) electrons. The van der Waals surface area contributed by atoms with Gasteiger partial charge in [-0.15, -0.1) is 0 Å². The second kappa shape index (κ2) is 5.30. The third kappa shape index (κ3) is 2.68. The quantitative estimate of drug-likeness (QED) is 0.507. The Labute approximate surface area is 87.0 Å². The molecule has 0 aromatic heterocycles. The van der Waals surface area contributed by atoms with E-state index >= 15 is 0 Å². The average Bonchev–Trinajstić information content (AvgIpc) is 2.18. The number of likely N-dealkylation sites (tertiary alicyclic amines) is 1. The molecular formula is C12H21NO. The highest BCUT2D eigenvalue weighted by Crippen LogP contribution is 2.25. The molecule has 0 amide bonds. The molecule has 80 valence electrons. The summed E-state index contributed by atoms with van der Waals surface area (Å²) in [6, 6.07) is 0.998. The van der Waals surface area contributed by atoms with Gasteiger partial charge in [-0.25, -0.2) is 0 Å². The maximum Gasteiger partial charge on any atom is 0.124 e. The molecule has 0 saturated carbocycles.